The van der Waals surface area contributed by atoms with Crippen molar-refractivity contribution >= 4 is 17.4 Å². The summed E-state index contributed by atoms with van der Waals surface area (Å²) in [7, 11) is 3.17. The first-order valence-electron chi connectivity index (χ1n) is 7.57. The number of aryl methyl sites for hydroxylation is 1. The van der Waals surface area contributed by atoms with E-state index in [-0.39, 0.29) is 18.1 Å². The third kappa shape index (κ3) is 4.13. The highest BCUT2D eigenvalue weighted by Gasteiger charge is 2.13. The van der Waals surface area contributed by atoms with Gasteiger partial charge in [-0.3, -0.25) is 9.59 Å². The zero-order chi connectivity index (χ0) is 17.7. The Kier molecular flexibility index (Phi) is 5.58. The first-order chi connectivity index (χ1) is 11.4. The lowest BCUT2D eigenvalue weighted by atomic mass is 10.1. The summed E-state index contributed by atoms with van der Waals surface area (Å²) in [6, 6.07) is 10.5. The smallest absolute Gasteiger partial charge is 0.228 e. The fraction of sp³-hybridized carbons (Fsp3) is 0.263. The molecule has 0 aliphatic heterocycles. The molecule has 0 heterocycles. The van der Waals surface area contributed by atoms with Crippen LogP contribution in [0.2, 0.25) is 0 Å². The highest BCUT2D eigenvalue weighted by Crippen LogP contribution is 2.28. The van der Waals surface area contributed by atoms with Gasteiger partial charge in [0.15, 0.2) is 5.78 Å². The van der Waals surface area contributed by atoms with E-state index in [4.69, 9.17) is 9.47 Å². The molecule has 1 N–H and O–H groups in total. The molecule has 0 bridgehead atoms. The molecule has 126 valence electrons. The van der Waals surface area contributed by atoms with Crippen LogP contribution in [0.25, 0.3) is 0 Å². The SMILES string of the molecule is COc1cc(CC(=O)Nc2ccc(C(C)=O)cc2)c(OC)cc1C. The van der Waals surface area contributed by atoms with Gasteiger partial charge in [-0.2, -0.15) is 0 Å². The average Bonchev–Trinajstić information content (AvgIpc) is 2.56. The first-order valence-corrected chi connectivity index (χ1v) is 7.57. The van der Waals surface area contributed by atoms with Gasteiger partial charge in [-0.15, -0.1) is 0 Å². The van der Waals surface area contributed by atoms with E-state index in [0.29, 0.717) is 22.7 Å². The van der Waals surface area contributed by atoms with Crippen molar-refractivity contribution in [2.24, 2.45) is 0 Å². The molecule has 0 aromatic heterocycles. The molecule has 0 fully saturated rings. The Labute approximate surface area is 141 Å². The molecule has 0 spiro atoms. The number of hydrogen-bond donors (Lipinski definition) is 1. The summed E-state index contributed by atoms with van der Waals surface area (Å²) in [6.45, 7) is 3.42. The largest absolute Gasteiger partial charge is 0.496 e. The predicted octanol–water partition coefficient (Wildman–Crippen LogP) is 3.40. The summed E-state index contributed by atoms with van der Waals surface area (Å²) in [5, 5.41) is 2.81. The van der Waals surface area contributed by atoms with Crippen LogP contribution in [0.1, 0.15) is 28.4 Å². The van der Waals surface area contributed by atoms with Crippen molar-refractivity contribution in [1.29, 1.82) is 0 Å². The van der Waals surface area contributed by atoms with Crippen LogP contribution in [0.5, 0.6) is 11.5 Å². The van der Waals surface area contributed by atoms with Crippen molar-refractivity contribution in [2.75, 3.05) is 19.5 Å². The lowest BCUT2D eigenvalue weighted by molar-refractivity contribution is -0.115. The molecule has 0 saturated heterocycles. The monoisotopic (exact) mass is 327 g/mol. The number of carbonyl (C=O) groups excluding carboxylic acids is 2. The minimum Gasteiger partial charge on any atom is -0.496 e. The summed E-state index contributed by atoms with van der Waals surface area (Å²) in [5.41, 5.74) is 2.94. The van der Waals surface area contributed by atoms with Gasteiger partial charge in [0.2, 0.25) is 5.91 Å². The first kappa shape index (κ1) is 17.5. The number of carbonyl (C=O) groups is 2. The van der Waals surface area contributed by atoms with E-state index < -0.39 is 0 Å². The van der Waals surface area contributed by atoms with Gasteiger partial charge in [0.05, 0.1) is 20.6 Å². The van der Waals surface area contributed by atoms with Crippen molar-refractivity contribution in [3.8, 4) is 11.5 Å². The maximum atomic E-state index is 12.3. The van der Waals surface area contributed by atoms with Crippen molar-refractivity contribution in [1.82, 2.24) is 0 Å². The fourth-order valence-corrected chi connectivity index (χ4v) is 2.42. The summed E-state index contributed by atoms with van der Waals surface area (Å²) < 4.78 is 10.6. The number of Topliss-reactive ketones (excluding diaryl/α,β-unsaturated/α-hetero) is 1. The van der Waals surface area contributed by atoms with Crippen molar-refractivity contribution in [2.45, 2.75) is 20.3 Å². The molecule has 2 rings (SSSR count). The normalized spacial score (nSPS) is 10.2. The Morgan fingerprint density at radius 3 is 2.17 bits per heavy atom. The van der Waals surface area contributed by atoms with Crippen LogP contribution in [0.15, 0.2) is 36.4 Å². The van der Waals surface area contributed by atoms with Gasteiger partial charge in [0, 0.05) is 16.8 Å². The van der Waals surface area contributed by atoms with Gasteiger partial charge in [0.25, 0.3) is 0 Å². The number of amides is 1. The lowest BCUT2D eigenvalue weighted by Crippen LogP contribution is -2.15. The van der Waals surface area contributed by atoms with Crippen molar-refractivity contribution in [3.05, 3.63) is 53.1 Å². The zero-order valence-corrected chi connectivity index (χ0v) is 14.3. The van der Waals surface area contributed by atoms with Crippen LogP contribution < -0.4 is 14.8 Å². The number of hydrogen-bond acceptors (Lipinski definition) is 4. The number of benzene rings is 2. The molecule has 0 atom stereocenters. The molecule has 1 amide bonds. The van der Waals surface area contributed by atoms with E-state index in [0.717, 1.165) is 11.1 Å². The summed E-state index contributed by atoms with van der Waals surface area (Å²) in [6.07, 6.45) is 0.161. The van der Waals surface area contributed by atoms with Gasteiger partial charge in [-0.05, 0) is 55.8 Å². The van der Waals surface area contributed by atoms with E-state index in [2.05, 4.69) is 5.32 Å². The Hall–Kier alpha value is -2.82. The van der Waals surface area contributed by atoms with Crippen molar-refractivity contribution in [3.63, 3.8) is 0 Å². The molecule has 5 nitrogen and oxygen atoms in total. The molecule has 5 heteroatoms. The Balaban J connectivity index is 2.13. The Morgan fingerprint density at radius 2 is 1.62 bits per heavy atom. The molecular formula is C19H21NO4. The van der Waals surface area contributed by atoms with Gasteiger partial charge in [-0.25, -0.2) is 0 Å². The number of anilines is 1. The number of rotatable bonds is 6. The summed E-state index contributed by atoms with van der Waals surface area (Å²) in [5.74, 6) is 1.18. The number of ether oxygens (including phenoxy) is 2. The van der Waals surface area contributed by atoms with Gasteiger partial charge >= 0.3 is 0 Å². The predicted molar refractivity (Wildman–Crippen MR) is 93.1 cm³/mol. The molecule has 0 unspecified atom stereocenters. The quantitative estimate of drug-likeness (QED) is 0.826. The minimum absolute atomic E-state index is 0.00985. The van der Waals surface area contributed by atoms with Gasteiger partial charge in [-0.1, -0.05) is 0 Å². The maximum Gasteiger partial charge on any atom is 0.228 e. The second kappa shape index (κ2) is 7.64. The van der Waals surface area contributed by atoms with Crippen LogP contribution in [-0.4, -0.2) is 25.9 Å². The van der Waals surface area contributed by atoms with E-state index >= 15 is 0 Å². The van der Waals surface area contributed by atoms with E-state index in [1.165, 1.54) is 6.92 Å². The average molecular weight is 327 g/mol. The minimum atomic E-state index is -0.171. The second-order valence-corrected chi connectivity index (χ2v) is 5.49. The van der Waals surface area contributed by atoms with Gasteiger partial charge in [0.1, 0.15) is 11.5 Å². The molecule has 2 aromatic rings. The van der Waals surface area contributed by atoms with Crippen molar-refractivity contribution < 1.29 is 19.1 Å². The van der Waals surface area contributed by atoms with Crippen LogP contribution in [0.3, 0.4) is 0 Å². The molecule has 0 saturated carbocycles. The maximum absolute atomic E-state index is 12.3. The second-order valence-electron chi connectivity index (χ2n) is 5.49. The number of ketones is 1. The number of methoxy groups -OCH3 is 2. The van der Waals surface area contributed by atoms with E-state index in [1.54, 1.807) is 38.5 Å². The molecule has 0 aliphatic rings. The topological polar surface area (TPSA) is 64.6 Å². The lowest BCUT2D eigenvalue weighted by Gasteiger charge is -2.13. The van der Waals surface area contributed by atoms with Gasteiger partial charge < -0.3 is 14.8 Å². The highest BCUT2D eigenvalue weighted by atomic mass is 16.5. The van der Waals surface area contributed by atoms with Crippen LogP contribution in [0, 0.1) is 6.92 Å². The third-order valence-electron chi connectivity index (χ3n) is 3.72. The standard InChI is InChI=1S/C19H21NO4/c1-12-9-18(24-4)15(10-17(12)23-3)11-19(22)20-16-7-5-14(6-8-16)13(2)21/h5-10H,11H2,1-4H3,(H,20,22). The highest BCUT2D eigenvalue weighted by molar-refractivity contribution is 5.96. The molecule has 2 aromatic carbocycles. The third-order valence-corrected chi connectivity index (χ3v) is 3.72. The molecular weight excluding hydrogens is 306 g/mol. The Bertz CT molecular complexity index is 751. The number of nitrogens with one attached hydrogen (secondary N) is 1. The summed E-state index contributed by atoms with van der Waals surface area (Å²) in [4.78, 5) is 23.5. The zero-order valence-electron chi connectivity index (χ0n) is 14.3. The van der Waals surface area contributed by atoms with Crippen LogP contribution in [0.4, 0.5) is 5.69 Å². The Morgan fingerprint density at radius 1 is 1.00 bits per heavy atom. The molecule has 24 heavy (non-hydrogen) atoms. The summed E-state index contributed by atoms with van der Waals surface area (Å²) >= 11 is 0. The van der Waals surface area contributed by atoms with Crippen LogP contribution >= 0.6 is 0 Å². The van der Waals surface area contributed by atoms with E-state index in [9.17, 15) is 9.59 Å². The molecule has 0 aliphatic carbocycles. The van der Waals surface area contributed by atoms with Crippen LogP contribution in [-0.2, 0) is 11.2 Å². The van der Waals surface area contributed by atoms with E-state index in [1.807, 2.05) is 19.1 Å². The molecule has 0 radical (unpaired) electrons. The fourth-order valence-electron chi connectivity index (χ4n) is 2.42.